The molecular formula is C21H26N2OS. The maximum atomic E-state index is 12.5. The van der Waals surface area contributed by atoms with E-state index in [1.165, 1.54) is 31.5 Å². The van der Waals surface area contributed by atoms with Gasteiger partial charge in [-0.1, -0.05) is 43.3 Å². The molecule has 2 aromatic carbocycles. The molecule has 0 bridgehead atoms. The van der Waals surface area contributed by atoms with Crippen LogP contribution in [0.1, 0.15) is 41.3 Å². The van der Waals surface area contributed by atoms with Crippen molar-refractivity contribution in [1.29, 1.82) is 0 Å². The summed E-state index contributed by atoms with van der Waals surface area (Å²) < 4.78 is 0. The van der Waals surface area contributed by atoms with Crippen molar-refractivity contribution in [2.75, 3.05) is 18.8 Å². The zero-order valence-corrected chi connectivity index (χ0v) is 15.6. The minimum absolute atomic E-state index is 0.00214. The molecule has 0 saturated carbocycles. The van der Waals surface area contributed by atoms with Gasteiger partial charge in [0.25, 0.3) is 5.91 Å². The van der Waals surface area contributed by atoms with E-state index >= 15 is 0 Å². The summed E-state index contributed by atoms with van der Waals surface area (Å²) in [5.74, 6) is 0.959. The van der Waals surface area contributed by atoms with Crippen molar-refractivity contribution < 1.29 is 4.79 Å². The van der Waals surface area contributed by atoms with Gasteiger partial charge in [-0.25, -0.2) is 0 Å². The molecule has 1 saturated heterocycles. The Labute approximate surface area is 154 Å². The molecule has 2 aromatic rings. The van der Waals surface area contributed by atoms with Crippen molar-refractivity contribution in [3.8, 4) is 0 Å². The van der Waals surface area contributed by atoms with Crippen LogP contribution in [0.2, 0.25) is 0 Å². The molecule has 3 nitrogen and oxygen atoms in total. The van der Waals surface area contributed by atoms with E-state index in [-0.39, 0.29) is 5.91 Å². The molecule has 132 valence electrons. The number of thioether (sulfide) groups is 1. The van der Waals surface area contributed by atoms with Crippen molar-refractivity contribution in [3.05, 3.63) is 65.2 Å². The van der Waals surface area contributed by atoms with Crippen LogP contribution < -0.4 is 5.32 Å². The van der Waals surface area contributed by atoms with Gasteiger partial charge in [0.1, 0.15) is 0 Å². The van der Waals surface area contributed by atoms with E-state index < -0.39 is 0 Å². The third-order valence-electron chi connectivity index (χ3n) is 4.51. The molecule has 0 atom stereocenters. The van der Waals surface area contributed by atoms with Crippen LogP contribution >= 0.6 is 11.8 Å². The van der Waals surface area contributed by atoms with Crippen LogP contribution in [0.5, 0.6) is 0 Å². The van der Waals surface area contributed by atoms with Crippen LogP contribution in [0, 0.1) is 0 Å². The maximum absolute atomic E-state index is 12.5. The molecule has 1 heterocycles. The Morgan fingerprint density at radius 1 is 1.04 bits per heavy atom. The molecule has 0 spiro atoms. The standard InChI is InChI=1S/C21H26N2OS/c1-2-25-20-8-4-3-7-19(20)21(24)22-15-17-9-11-18(12-10-17)16-23-13-5-6-14-23/h3-4,7-12H,2,5-6,13-16H2,1H3,(H,22,24). The van der Waals surface area contributed by atoms with Crippen LogP contribution in [-0.4, -0.2) is 29.6 Å². The summed E-state index contributed by atoms with van der Waals surface area (Å²) in [5, 5.41) is 3.04. The number of hydrogen-bond donors (Lipinski definition) is 1. The topological polar surface area (TPSA) is 32.3 Å². The lowest BCUT2D eigenvalue weighted by molar-refractivity contribution is 0.0948. The minimum atomic E-state index is -0.00214. The highest BCUT2D eigenvalue weighted by atomic mass is 32.2. The summed E-state index contributed by atoms with van der Waals surface area (Å²) >= 11 is 1.70. The van der Waals surface area contributed by atoms with Gasteiger partial charge in [0, 0.05) is 18.0 Å². The normalized spacial score (nSPS) is 14.6. The van der Waals surface area contributed by atoms with Gasteiger partial charge in [0.2, 0.25) is 0 Å². The van der Waals surface area contributed by atoms with Gasteiger partial charge in [-0.2, -0.15) is 0 Å². The Bertz CT molecular complexity index is 693. The van der Waals surface area contributed by atoms with Gasteiger partial charge < -0.3 is 5.32 Å². The summed E-state index contributed by atoms with van der Waals surface area (Å²) in [6.45, 7) is 6.13. The van der Waals surface area contributed by atoms with Crippen LogP contribution in [0.4, 0.5) is 0 Å². The van der Waals surface area contributed by atoms with Gasteiger partial charge >= 0.3 is 0 Å². The number of carbonyl (C=O) groups excluding carboxylic acids is 1. The van der Waals surface area contributed by atoms with E-state index in [9.17, 15) is 4.79 Å². The van der Waals surface area contributed by atoms with Crippen LogP contribution in [0.3, 0.4) is 0 Å². The number of nitrogens with zero attached hydrogens (tertiary/aromatic N) is 1. The summed E-state index contributed by atoms with van der Waals surface area (Å²) in [5.41, 5.74) is 3.25. The van der Waals surface area contributed by atoms with E-state index in [1.54, 1.807) is 11.8 Å². The highest BCUT2D eigenvalue weighted by molar-refractivity contribution is 7.99. The van der Waals surface area contributed by atoms with E-state index in [0.717, 1.165) is 28.3 Å². The second kappa shape index (κ2) is 9.07. The number of hydrogen-bond acceptors (Lipinski definition) is 3. The molecule has 0 unspecified atom stereocenters. The predicted octanol–water partition coefficient (Wildman–Crippen LogP) is 4.32. The molecule has 0 aromatic heterocycles. The lowest BCUT2D eigenvalue weighted by Crippen LogP contribution is -2.23. The van der Waals surface area contributed by atoms with Crippen molar-refractivity contribution >= 4 is 17.7 Å². The van der Waals surface area contributed by atoms with E-state index in [2.05, 4.69) is 41.4 Å². The fraction of sp³-hybridized carbons (Fsp3) is 0.381. The molecule has 0 aliphatic carbocycles. The van der Waals surface area contributed by atoms with Crippen molar-refractivity contribution in [2.24, 2.45) is 0 Å². The predicted molar refractivity (Wildman–Crippen MR) is 105 cm³/mol. The Morgan fingerprint density at radius 3 is 2.44 bits per heavy atom. The molecule has 4 heteroatoms. The van der Waals surface area contributed by atoms with Crippen molar-refractivity contribution in [1.82, 2.24) is 10.2 Å². The highest BCUT2D eigenvalue weighted by Gasteiger charge is 2.12. The second-order valence-electron chi connectivity index (χ2n) is 6.41. The first kappa shape index (κ1) is 18.0. The fourth-order valence-corrected chi connectivity index (χ4v) is 3.98. The number of rotatable bonds is 7. The summed E-state index contributed by atoms with van der Waals surface area (Å²) in [6.07, 6.45) is 2.64. The monoisotopic (exact) mass is 354 g/mol. The maximum Gasteiger partial charge on any atom is 0.252 e. The SMILES string of the molecule is CCSc1ccccc1C(=O)NCc1ccc(CN2CCCC2)cc1. The molecule has 1 aliphatic rings. The molecule has 25 heavy (non-hydrogen) atoms. The molecule has 1 fully saturated rings. The summed E-state index contributed by atoms with van der Waals surface area (Å²) in [6, 6.07) is 16.4. The third-order valence-corrected chi connectivity index (χ3v) is 5.47. The zero-order chi connectivity index (χ0) is 17.5. The second-order valence-corrected chi connectivity index (χ2v) is 7.72. The number of likely N-dealkylation sites (tertiary alicyclic amines) is 1. The number of nitrogens with one attached hydrogen (secondary N) is 1. The lowest BCUT2D eigenvalue weighted by Gasteiger charge is -2.15. The smallest absolute Gasteiger partial charge is 0.252 e. The molecule has 3 rings (SSSR count). The molecule has 1 amide bonds. The van der Waals surface area contributed by atoms with Gasteiger partial charge in [-0.3, -0.25) is 9.69 Å². The van der Waals surface area contributed by atoms with Gasteiger partial charge in [0.05, 0.1) is 5.56 Å². The van der Waals surface area contributed by atoms with E-state index in [4.69, 9.17) is 0 Å². The highest BCUT2D eigenvalue weighted by Crippen LogP contribution is 2.22. The van der Waals surface area contributed by atoms with Crippen LogP contribution in [0.15, 0.2) is 53.4 Å². The van der Waals surface area contributed by atoms with Crippen LogP contribution in [-0.2, 0) is 13.1 Å². The van der Waals surface area contributed by atoms with Gasteiger partial charge in [-0.05, 0) is 54.9 Å². The number of carbonyl (C=O) groups is 1. The Balaban J connectivity index is 1.55. The molecular weight excluding hydrogens is 328 g/mol. The van der Waals surface area contributed by atoms with E-state index in [0.29, 0.717) is 6.54 Å². The van der Waals surface area contributed by atoms with Crippen molar-refractivity contribution in [3.63, 3.8) is 0 Å². The zero-order valence-electron chi connectivity index (χ0n) is 14.8. The van der Waals surface area contributed by atoms with Gasteiger partial charge in [-0.15, -0.1) is 11.8 Å². The average molecular weight is 355 g/mol. The molecule has 1 N–H and O–H groups in total. The fourth-order valence-electron chi connectivity index (χ4n) is 3.17. The first-order valence-corrected chi connectivity index (χ1v) is 10.0. The molecule has 1 aliphatic heterocycles. The average Bonchev–Trinajstić information content (AvgIpc) is 3.15. The van der Waals surface area contributed by atoms with Gasteiger partial charge in [0.15, 0.2) is 0 Å². The Morgan fingerprint density at radius 2 is 1.72 bits per heavy atom. The van der Waals surface area contributed by atoms with Crippen molar-refractivity contribution in [2.45, 2.75) is 37.8 Å². The van der Waals surface area contributed by atoms with E-state index in [1.807, 2.05) is 24.3 Å². The Hall–Kier alpha value is -1.78. The largest absolute Gasteiger partial charge is 0.348 e. The number of benzene rings is 2. The summed E-state index contributed by atoms with van der Waals surface area (Å²) in [7, 11) is 0. The molecule has 0 radical (unpaired) electrons. The lowest BCUT2D eigenvalue weighted by atomic mass is 10.1. The first-order chi connectivity index (χ1) is 12.3. The number of amides is 1. The van der Waals surface area contributed by atoms with Crippen LogP contribution in [0.25, 0.3) is 0 Å². The third kappa shape index (κ3) is 5.10. The Kier molecular flexibility index (Phi) is 6.54. The minimum Gasteiger partial charge on any atom is -0.348 e. The first-order valence-electron chi connectivity index (χ1n) is 9.06. The summed E-state index contributed by atoms with van der Waals surface area (Å²) in [4.78, 5) is 16.0. The quantitative estimate of drug-likeness (QED) is 0.752.